The summed E-state index contributed by atoms with van der Waals surface area (Å²) >= 11 is 0. The summed E-state index contributed by atoms with van der Waals surface area (Å²) < 4.78 is 15.7. The van der Waals surface area contributed by atoms with Gasteiger partial charge in [-0.1, -0.05) is 0 Å². The third-order valence-electron chi connectivity index (χ3n) is 2.30. The highest BCUT2D eigenvalue weighted by atomic mass is 31.2. The number of amides is 2. The predicted molar refractivity (Wildman–Crippen MR) is 76.9 cm³/mol. The van der Waals surface area contributed by atoms with Crippen molar-refractivity contribution in [3.05, 3.63) is 24.3 Å². The zero-order valence-electron chi connectivity index (χ0n) is 11.4. The van der Waals surface area contributed by atoms with Crippen molar-refractivity contribution in [3.63, 3.8) is 0 Å². The smallest absolute Gasteiger partial charge is 0.356 e. The topological polar surface area (TPSA) is 125 Å². The Morgan fingerprint density at radius 2 is 1.86 bits per heavy atom. The number of benzene rings is 1. The molecule has 0 heterocycles. The highest BCUT2D eigenvalue weighted by Crippen LogP contribution is 2.33. The molecular formula is C12H15N2O6P. The van der Waals surface area contributed by atoms with Crippen LogP contribution in [0.4, 0.5) is 10.5 Å². The van der Waals surface area contributed by atoms with Crippen molar-refractivity contribution < 1.29 is 28.7 Å². The lowest BCUT2D eigenvalue weighted by atomic mass is 10.3. The molecule has 21 heavy (non-hydrogen) atoms. The van der Waals surface area contributed by atoms with Gasteiger partial charge in [-0.15, -0.1) is 0 Å². The van der Waals surface area contributed by atoms with Crippen molar-refractivity contribution in [1.29, 1.82) is 0 Å². The number of nitrogens with one attached hydrogen (secondary N) is 1. The minimum Gasteiger partial charge on any atom is -0.462 e. The summed E-state index contributed by atoms with van der Waals surface area (Å²) in [7, 11) is -4.32. The largest absolute Gasteiger partial charge is 0.462 e. The number of anilines is 1. The molecule has 114 valence electrons. The van der Waals surface area contributed by atoms with Crippen molar-refractivity contribution in [2.24, 2.45) is 4.99 Å². The molecule has 0 saturated heterocycles. The van der Waals surface area contributed by atoms with Gasteiger partial charge in [-0.2, -0.15) is 4.99 Å². The Balaban J connectivity index is 2.73. The molecule has 0 unspecified atom stereocenters. The molecule has 0 aliphatic heterocycles. The molecule has 1 aromatic rings. The number of urea groups is 1. The standard InChI is InChI=1S/C12H15N2O6P/c1-3-20-11(15)8(2)13-12(16)14-9-4-6-10(7-5-9)21(17,18)19/h4-7H,3H2,1-2H3,(H,14,16)(H2,17,18,19). The molecule has 8 nitrogen and oxygen atoms in total. The molecule has 1 rings (SSSR count). The third-order valence-corrected chi connectivity index (χ3v) is 3.27. The van der Waals surface area contributed by atoms with Gasteiger partial charge in [0.15, 0.2) is 0 Å². The molecule has 0 aliphatic carbocycles. The Morgan fingerprint density at radius 3 is 2.33 bits per heavy atom. The number of rotatable bonds is 4. The summed E-state index contributed by atoms with van der Waals surface area (Å²) in [6.45, 7) is 3.15. The average molecular weight is 314 g/mol. The fourth-order valence-electron chi connectivity index (χ4n) is 1.32. The Morgan fingerprint density at radius 1 is 1.29 bits per heavy atom. The van der Waals surface area contributed by atoms with Gasteiger partial charge in [0.05, 0.1) is 11.9 Å². The predicted octanol–water partition coefficient (Wildman–Crippen LogP) is 1.05. The molecule has 3 N–H and O–H groups in total. The van der Waals surface area contributed by atoms with Crippen LogP contribution in [0.2, 0.25) is 0 Å². The van der Waals surface area contributed by atoms with Crippen molar-refractivity contribution >= 4 is 36.3 Å². The first-order valence-electron chi connectivity index (χ1n) is 5.93. The van der Waals surface area contributed by atoms with E-state index in [0.717, 1.165) is 0 Å². The van der Waals surface area contributed by atoms with Gasteiger partial charge in [0.1, 0.15) is 5.71 Å². The van der Waals surface area contributed by atoms with E-state index in [2.05, 4.69) is 15.0 Å². The van der Waals surface area contributed by atoms with Crippen molar-refractivity contribution in [2.45, 2.75) is 13.8 Å². The first-order valence-corrected chi connectivity index (χ1v) is 7.55. The Labute approximate surface area is 121 Å². The number of carbonyl (C=O) groups is 2. The van der Waals surface area contributed by atoms with Crippen LogP contribution in [0.3, 0.4) is 0 Å². The van der Waals surface area contributed by atoms with Crippen LogP contribution in [-0.4, -0.2) is 34.1 Å². The van der Waals surface area contributed by atoms with Gasteiger partial charge in [-0.05, 0) is 38.1 Å². The summed E-state index contributed by atoms with van der Waals surface area (Å²) in [6, 6.07) is 4.24. The van der Waals surface area contributed by atoms with Crippen LogP contribution in [0.15, 0.2) is 29.3 Å². The summed E-state index contributed by atoms with van der Waals surface area (Å²) in [5.74, 6) is -0.690. The molecule has 1 aromatic carbocycles. The van der Waals surface area contributed by atoms with Gasteiger partial charge in [0.2, 0.25) is 0 Å². The van der Waals surface area contributed by atoms with E-state index in [4.69, 9.17) is 9.79 Å². The number of esters is 1. The molecule has 0 aliphatic rings. The molecule has 0 fully saturated rings. The van der Waals surface area contributed by atoms with Crippen molar-refractivity contribution in [3.8, 4) is 0 Å². The van der Waals surface area contributed by atoms with Crippen LogP contribution < -0.4 is 10.6 Å². The van der Waals surface area contributed by atoms with E-state index in [-0.39, 0.29) is 23.3 Å². The second-order valence-corrected chi connectivity index (χ2v) is 5.54. The number of aliphatic imine (C=N–C) groups is 1. The number of hydrogen-bond acceptors (Lipinski definition) is 4. The highest BCUT2D eigenvalue weighted by molar-refractivity contribution is 7.60. The van der Waals surface area contributed by atoms with Gasteiger partial charge in [0, 0.05) is 5.69 Å². The summed E-state index contributed by atoms with van der Waals surface area (Å²) in [4.78, 5) is 44.2. The third kappa shape index (κ3) is 5.47. The maximum atomic E-state index is 11.6. The number of hydrogen-bond donors (Lipinski definition) is 3. The lowest BCUT2D eigenvalue weighted by Crippen LogP contribution is -2.18. The number of ether oxygens (including phenoxy) is 1. The zero-order valence-corrected chi connectivity index (χ0v) is 12.3. The Bertz CT molecular complexity index is 605. The van der Waals surface area contributed by atoms with Gasteiger partial charge < -0.3 is 19.8 Å². The van der Waals surface area contributed by atoms with E-state index >= 15 is 0 Å². The Hall–Kier alpha value is -2.02. The molecule has 0 spiro atoms. The monoisotopic (exact) mass is 314 g/mol. The van der Waals surface area contributed by atoms with Gasteiger partial charge in [-0.25, -0.2) is 9.59 Å². The molecule has 0 bridgehead atoms. The second-order valence-electron chi connectivity index (χ2n) is 3.94. The molecule has 0 radical (unpaired) electrons. The van der Waals surface area contributed by atoms with Crippen LogP contribution >= 0.6 is 7.60 Å². The molecule has 0 atom stereocenters. The quantitative estimate of drug-likeness (QED) is 0.433. The van der Waals surface area contributed by atoms with E-state index in [9.17, 15) is 14.2 Å². The van der Waals surface area contributed by atoms with E-state index in [1.165, 1.54) is 31.2 Å². The fraction of sp³-hybridized carbons (Fsp3) is 0.250. The molecule has 0 saturated carbocycles. The van der Waals surface area contributed by atoms with Crippen LogP contribution in [0.5, 0.6) is 0 Å². The van der Waals surface area contributed by atoms with Crippen molar-refractivity contribution in [2.75, 3.05) is 11.9 Å². The second kappa shape index (κ2) is 7.12. The van der Waals surface area contributed by atoms with E-state index in [0.29, 0.717) is 0 Å². The summed E-state index contributed by atoms with van der Waals surface area (Å²) in [5.41, 5.74) is 0.193. The van der Waals surface area contributed by atoms with Gasteiger partial charge in [-0.3, -0.25) is 4.57 Å². The first kappa shape index (κ1) is 17.0. The van der Waals surface area contributed by atoms with Crippen molar-refractivity contribution in [1.82, 2.24) is 0 Å². The SMILES string of the molecule is CCOC(=O)C(C)=NC(=O)Nc1ccc(P(=O)(O)O)cc1. The Kier molecular flexibility index (Phi) is 5.78. The normalized spacial score (nSPS) is 11.9. The number of carbonyl (C=O) groups excluding carboxylic acids is 2. The zero-order chi connectivity index (χ0) is 16.0. The fourth-order valence-corrected chi connectivity index (χ4v) is 1.86. The van der Waals surface area contributed by atoms with E-state index < -0.39 is 19.6 Å². The minimum absolute atomic E-state index is 0.0961. The maximum absolute atomic E-state index is 11.6. The van der Waals surface area contributed by atoms with Crippen LogP contribution in [0, 0.1) is 0 Å². The first-order chi connectivity index (χ1) is 9.74. The minimum atomic E-state index is -4.32. The molecule has 0 aromatic heterocycles. The maximum Gasteiger partial charge on any atom is 0.356 e. The van der Waals surface area contributed by atoms with Crippen LogP contribution in [-0.2, 0) is 14.1 Å². The van der Waals surface area contributed by atoms with Gasteiger partial charge >= 0.3 is 19.6 Å². The highest BCUT2D eigenvalue weighted by Gasteiger charge is 2.16. The molecule has 9 heteroatoms. The summed E-state index contributed by atoms with van der Waals surface area (Å²) in [5, 5.41) is 2.20. The van der Waals surface area contributed by atoms with Crippen LogP contribution in [0.1, 0.15) is 13.8 Å². The summed E-state index contributed by atoms with van der Waals surface area (Å²) in [6.07, 6.45) is 0. The lowest BCUT2D eigenvalue weighted by Gasteiger charge is -2.06. The molecular weight excluding hydrogens is 299 g/mol. The number of nitrogens with zero attached hydrogens (tertiary/aromatic N) is 1. The molecule has 2 amide bonds. The van der Waals surface area contributed by atoms with Gasteiger partial charge in [0.25, 0.3) is 0 Å². The van der Waals surface area contributed by atoms with E-state index in [1.807, 2.05) is 0 Å². The van der Waals surface area contributed by atoms with Crippen LogP contribution in [0.25, 0.3) is 0 Å². The van der Waals surface area contributed by atoms with E-state index in [1.54, 1.807) is 6.92 Å². The average Bonchev–Trinajstić information content (AvgIpc) is 2.38. The lowest BCUT2D eigenvalue weighted by molar-refractivity contribution is -0.135.